The minimum atomic E-state index is -0.238. The van der Waals surface area contributed by atoms with Gasteiger partial charge in [-0.1, -0.05) is 43.6 Å². The molecular formula is C14H25BrN2O2. The molecule has 0 aliphatic heterocycles. The molecule has 0 atom stereocenters. The predicted octanol–water partition coefficient (Wildman–Crippen LogP) is 4.06. The molecule has 0 amide bonds. The summed E-state index contributed by atoms with van der Waals surface area (Å²) in [6.07, 6.45) is 0.325. The number of carbonyl (C=O) groups is 1. The van der Waals surface area contributed by atoms with Crippen LogP contribution >= 0.6 is 15.9 Å². The van der Waals surface area contributed by atoms with Crippen molar-refractivity contribution in [2.24, 2.45) is 0 Å². The maximum Gasteiger partial charge on any atom is 0.307 e. The number of nitrogens with two attached hydrogens (primary N) is 1. The quantitative estimate of drug-likeness (QED) is 0.644. The summed E-state index contributed by atoms with van der Waals surface area (Å²) in [5.74, 6) is -0.238. The Morgan fingerprint density at radius 3 is 2.37 bits per heavy atom. The molecule has 0 aromatic heterocycles. The van der Waals surface area contributed by atoms with Crippen LogP contribution in [0.5, 0.6) is 0 Å². The van der Waals surface area contributed by atoms with Gasteiger partial charge in [-0.3, -0.25) is 4.79 Å². The molecule has 4 nitrogen and oxygen atoms in total. The largest absolute Gasteiger partial charge is 0.469 e. The molecule has 19 heavy (non-hydrogen) atoms. The standard InChI is InChI=1S/C10H13BrN2O2.2C2H6/c1-15-10(14)4-5-13-9-3-2-7(11)6-8(9)12;2*1-2/h2-3,6,13H,4-5,12H2,1H3;2*1-2H3. The van der Waals surface area contributed by atoms with E-state index in [1.54, 1.807) is 6.07 Å². The van der Waals surface area contributed by atoms with E-state index in [1.807, 2.05) is 39.8 Å². The third-order valence-corrected chi connectivity index (χ3v) is 2.38. The molecule has 0 heterocycles. The predicted molar refractivity (Wildman–Crippen MR) is 86.4 cm³/mol. The number of rotatable bonds is 4. The average Bonchev–Trinajstić information content (AvgIpc) is 2.45. The van der Waals surface area contributed by atoms with Crippen molar-refractivity contribution in [3.63, 3.8) is 0 Å². The van der Waals surface area contributed by atoms with Crippen molar-refractivity contribution >= 4 is 33.3 Å². The van der Waals surface area contributed by atoms with Crippen LogP contribution in [0.4, 0.5) is 11.4 Å². The van der Waals surface area contributed by atoms with Crippen LogP contribution in [-0.2, 0) is 9.53 Å². The summed E-state index contributed by atoms with van der Waals surface area (Å²) in [6.45, 7) is 8.51. The molecule has 0 unspecified atom stereocenters. The molecule has 0 radical (unpaired) electrons. The third-order valence-electron chi connectivity index (χ3n) is 1.89. The highest BCUT2D eigenvalue weighted by Gasteiger charge is 2.02. The van der Waals surface area contributed by atoms with E-state index in [4.69, 9.17) is 5.73 Å². The zero-order valence-electron chi connectivity index (χ0n) is 12.4. The minimum Gasteiger partial charge on any atom is -0.469 e. The van der Waals surface area contributed by atoms with Crippen LogP contribution in [0.2, 0.25) is 0 Å². The Morgan fingerprint density at radius 1 is 1.32 bits per heavy atom. The Bertz CT molecular complexity index is 357. The number of methoxy groups -OCH3 is 1. The number of halogens is 1. The number of ether oxygens (including phenoxy) is 1. The summed E-state index contributed by atoms with van der Waals surface area (Å²) in [6, 6.07) is 5.55. The summed E-state index contributed by atoms with van der Waals surface area (Å²) >= 11 is 3.32. The van der Waals surface area contributed by atoms with Crippen LogP contribution in [0.15, 0.2) is 22.7 Å². The number of esters is 1. The van der Waals surface area contributed by atoms with E-state index in [9.17, 15) is 4.79 Å². The first-order chi connectivity index (χ1) is 9.13. The van der Waals surface area contributed by atoms with Gasteiger partial charge in [-0.15, -0.1) is 0 Å². The molecule has 1 aromatic rings. The first kappa shape index (κ1) is 20.1. The Morgan fingerprint density at radius 2 is 1.89 bits per heavy atom. The lowest BCUT2D eigenvalue weighted by molar-refractivity contribution is -0.140. The number of benzene rings is 1. The molecule has 1 aromatic carbocycles. The molecule has 3 N–H and O–H groups in total. The van der Waals surface area contributed by atoms with Crippen molar-refractivity contribution in [1.29, 1.82) is 0 Å². The summed E-state index contributed by atoms with van der Waals surface area (Å²) in [4.78, 5) is 10.8. The molecular weight excluding hydrogens is 308 g/mol. The second kappa shape index (κ2) is 13.2. The molecule has 0 bridgehead atoms. The lowest BCUT2D eigenvalue weighted by atomic mass is 10.2. The lowest BCUT2D eigenvalue weighted by Gasteiger charge is -2.08. The monoisotopic (exact) mass is 332 g/mol. The topological polar surface area (TPSA) is 64.3 Å². The second-order valence-electron chi connectivity index (χ2n) is 2.98. The molecule has 0 saturated carbocycles. The van der Waals surface area contributed by atoms with Crippen molar-refractivity contribution in [1.82, 2.24) is 0 Å². The highest BCUT2D eigenvalue weighted by atomic mass is 79.9. The summed E-state index contributed by atoms with van der Waals surface area (Å²) in [5.41, 5.74) is 7.23. The zero-order chi connectivity index (χ0) is 15.3. The van der Waals surface area contributed by atoms with Gasteiger partial charge in [0.15, 0.2) is 0 Å². The number of nitrogens with one attached hydrogen (secondary N) is 1. The van der Waals surface area contributed by atoms with Gasteiger partial charge in [-0.25, -0.2) is 0 Å². The van der Waals surface area contributed by atoms with Gasteiger partial charge in [0.05, 0.1) is 24.9 Å². The minimum absolute atomic E-state index is 0.238. The van der Waals surface area contributed by atoms with Crippen molar-refractivity contribution in [2.75, 3.05) is 24.7 Å². The highest BCUT2D eigenvalue weighted by molar-refractivity contribution is 9.10. The Hall–Kier alpha value is -1.23. The molecule has 1 rings (SSSR count). The van der Waals surface area contributed by atoms with Gasteiger partial charge < -0.3 is 15.8 Å². The molecule has 0 fully saturated rings. The maximum atomic E-state index is 10.8. The van der Waals surface area contributed by atoms with Crippen LogP contribution in [-0.4, -0.2) is 19.6 Å². The van der Waals surface area contributed by atoms with Crippen molar-refractivity contribution in [3.05, 3.63) is 22.7 Å². The Balaban J connectivity index is 0. The number of nitrogen functional groups attached to an aromatic ring is 1. The average molecular weight is 333 g/mol. The van der Waals surface area contributed by atoms with E-state index >= 15 is 0 Å². The van der Waals surface area contributed by atoms with Crippen molar-refractivity contribution in [2.45, 2.75) is 34.1 Å². The second-order valence-corrected chi connectivity index (χ2v) is 3.90. The van der Waals surface area contributed by atoms with Gasteiger partial charge in [0.25, 0.3) is 0 Å². The fourth-order valence-corrected chi connectivity index (χ4v) is 1.47. The third kappa shape index (κ3) is 9.36. The van der Waals surface area contributed by atoms with Crippen LogP contribution in [0, 0.1) is 0 Å². The van der Waals surface area contributed by atoms with E-state index < -0.39 is 0 Å². The van der Waals surface area contributed by atoms with Gasteiger partial charge in [0, 0.05) is 11.0 Å². The van der Waals surface area contributed by atoms with Gasteiger partial charge in [-0.05, 0) is 18.2 Å². The van der Waals surface area contributed by atoms with Gasteiger partial charge >= 0.3 is 5.97 Å². The Labute approximate surface area is 124 Å². The number of hydrogen-bond acceptors (Lipinski definition) is 4. The highest BCUT2D eigenvalue weighted by Crippen LogP contribution is 2.22. The fourth-order valence-electron chi connectivity index (χ4n) is 1.10. The van der Waals surface area contributed by atoms with Crippen LogP contribution in [0.1, 0.15) is 34.1 Å². The van der Waals surface area contributed by atoms with E-state index in [2.05, 4.69) is 26.0 Å². The Kier molecular flexibility index (Phi) is 14.0. The molecule has 0 aliphatic carbocycles. The maximum absolute atomic E-state index is 10.8. The normalized spacial score (nSPS) is 8.32. The van der Waals surface area contributed by atoms with Crippen molar-refractivity contribution < 1.29 is 9.53 Å². The summed E-state index contributed by atoms with van der Waals surface area (Å²) in [7, 11) is 1.37. The molecule has 5 heteroatoms. The van der Waals surface area contributed by atoms with Crippen molar-refractivity contribution in [3.8, 4) is 0 Å². The SMILES string of the molecule is CC.CC.COC(=O)CCNc1ccc(Br)cc1N. The summed E-state index contributed by atoms with van der Waals surface area (Å²) in [5, 5.41) is 3.06. The van der Waals surface area contributed by atoms with Gasteiger partial charge in [-0.2, -0.15) is 0 Å². The molecule has 0 spiro atoms. The van der Waals surface area contributed by atoms with E-state index in [-0.39, 0.29) is 5.97 Å². The smallest absolute Gasteiger partial charge is 0.307 e. The van der Waals surface area contributed by atoms with Gasteiger partial charge in [0.1, 0.15) is 0 Å². The van der Waals surface area contributed by atoms with E-state index in [0.717, 1.165) is 10.2 Å². The van der Waals surface area contributed by atoms with Crippen LogP contribution in [0.25, 0.3) is 0 Å². The first-order valence-electron chi connectivity index (χ1n) is 6.49. The van der Waals surface area contributed by atoms with E-state index in [1.165, 1.54) is 7.11 Å². The zero-order valence-corrected chi connectivity index (χ0v) is 14.0. The number of anilines is 2. The fraction of sp³-hybridized carbons (Fsp3) is 0.500. The molecule has 110 valence electrons. The van der Waals surface area contributed by atoms with Gasteiger partial charge in [0.2, 0.25) is 0 Å². The number of hydrogen-bond donors (Lipinski definition) is 2. The first-order valence-corrected chi connectivity index (χ1v) is 7.28. The van der Waals surface area contributed by atoms with Crippen LogP contribution < -0.4 is 11.1 Å². The number of carbonyl (C=O) groups excluding carboxylic acids is 1. The van der Waals surface area contributed by atoms with Crippen LogP contribution in [0.3, 0.4) is 0 Å². The molecule has 0 aliphatic rings. The molecule has 0 saturated heterocycles. The van der Waals surface area contributed by atoms with E-state index in [0.29, 0.717) is 18.7 Å². The summed E-state index contributed by atoms with van der Waals surface area (Å²) < 4.78 is 5.45. The lowest BCUT2D eigenvalue weighted by Crippen LogP contribution is -2.10.